The van der Waals surface area contributed by atoms with Crippen LogP contribution < -0.4 is 10.6 Å². The predicted octanol–water partition coefficient (Wildman–Crippen LogP) is 4.74. The molecule has 0 bridgehead atoms. The second-order valence-electron chi connectivity index (χ2n) is 7.83. The second kappa shape index (κ2) is 6.13. The molecule has 4 rings (SSSR count). The molecule has 5 heteroatoms. The number of halogens is 1. The molecule has 0 aliphatic heterocycles. The molecule has 2 N–H and O–H groups in total. The van der Waals surface area contributed by atoms with Crippen molar-refractivity contribution in [1.29, 1.82) is 0 Å². The minimum atomic E-state index is -0.348. The molecular weight excluding hydrogens is 348 g/mol. The number of ketones is 1. The van der Waals surface area contributed by atoms with Crippen LogP contribution in [-0.2, 0) is 6.42 Å². The van der Waals surface area contributed by atoms with Crippen LogP contribution in [0.2, 0.25) is 5.02 Å². The first-order valence-electron chi connectivity index (χ1n) is 8.89. The average Bonchev–Trinajstić information content (AvgIpc) is 3.36. The third-order valence-corrected chi connectivity index (χ3v) is 5.35. The smallest absolute Gasteiger partial charge is 0.251 e. The first kappa shape index (κ1) is 17.1. The van der Waals surface area contributed by atoms with Crippen LogP contribution in [0.4, 0.5) is 11.4 Å². The van der Waals surface area contributed by atoms with Crippen LogP contribution in [-0.4, -0.2) is 17.7 Å². The van der Waals surface area contributed by atoms with Crippen LogP contribution in [0.25, 0.3) is 0 Å². The third-order valence-electron chi connectivity index (χ3n) is 5.02. The molecule has 1 amide bonds. The zero-order chi connectivity index (χ0) is 18.5. The van der Waals surface area contributed by atoms with Crippen molar-refractivity contribution in [2.45, 2.75) is 39.2 Å². The second-order valence-corrected chi connectivity index (χ2v) is 8.24. The number of benzene rings is 2. The summed E-state index contributed by atoms with van der Waals surface area (Å²) in [6.07, 6.45) is 2.83. The number of anilines is 2. The lowest BCUT2D eigenvalue weighted by atomic mass is 9.89. The highest BCUT2D eigenvalue weighted by molar-refractivity contribution is 6.33. The summed E-state index contributed by atoms with van der Waals surface area (Å²) in [5.41, 5.74) is 3.61. The molecule has 134 valence electrons. The highest BCUT2D eigenvalue weighted by Gasteiger charge is 2.37. The van der Waals surface area contributed by atoms with E-state index in [1.165, 1.54) is 0 Å². The van der Waals surface area contributed by atoms with Crippen LogP contribution in [0.3, 0.4) is 0 Å². The molecule has 1 fully saturated rings. The van der Waals surface area contributed by atoms with Crippen molar-refractivity contribution >= 4 is 34.7 Å². The fourth-order valence-corrected chi connectivity index (χ4v) is 3.54. The third kappa shape index (κ3) is 3.21. The summed E-state index contributed by atoms with van der Waals surface area (Å²) in [4.78, 5) is 24.6. The van der Waals surface area contributed by atoms with Crippen molar-refractivity contribution < 1.29 is 9.59 Å². The molecule has 4 nitrogen and oxygen atoms in total. The zero-order valence-electron chi connectivity index (χ0n) is 14.9. The van der Waals surface area contributed by atoms with Gasteiger partial charge in [-0.3, -0.25) is 9.59 Å². The predicted molar refractivity (Wildman–Crippen MR) is 103 cm³/mol. The number of fused-ring (bicyclic) bond motifs is 1. The molecule has 0 aromatic heterocycles. The summed E-state index contributed by atoms with van der Waals surface area (Å²) in [6.45, 7) is 3.95. The van der Waals surface area contributed by atoms with Crippen molar-refractivity contribution in [3.05, 3.63) is 58.1 Å². The van der Waals surface area contributed by atoms with E-state index in [0.717, 1.165) is 36.1 Å². The highest BCUT2D eigenvalue weighted by atomic mass is 35.5. The Kier molecular flexibility index (Phi) is 4.03. The Morgan fingerprint density at radius 2 is 1.92 bits per heavy atom. The van der Waals surface area contributed by atoms with Crippen LogP contribution in [0.1, 0.15) is 53.0 Å². The summed E-state index contributed by atoms with van der Waals surface area (Å²) >= 11 is 6.31. The first-order chi connectivity index (χ1) is 12.3. The molecular formula is C21H21ClN2O2. The molecule has 0 radical (unpaired) electrons. The Bertz CT molecular complexity index is 916. The lowest BCUT2D eigenvalue weighted by molar-refractivity contribution is 0.0863. The van der Waals surface area contributed by atoms with E-state index in [-0.39, 0.29) is 17.1 Å². The fraction of sp³-hybridized carbons (Fsp3) is 0.333. The zero-order valence-corrected chi connectivity index (χ0v) is 15.6. The Hall–Kier alpha value is -2.33. The van der Waals surface area contributed by atoms with Crippen molar-refractivity contribution in [2.75, 3.05) is 5.32 Å². The van der Waals surface area contributed by atoms with Gasteiger partial charge in [0.1, 0.15) is 0 Å². The standard InChI is InChI=1S/C21H21ClN2O2/c1-21(2)11-13-9-15(6-7-16(13)19(21)25)23-18-10-12(3-8-17(18)22)20(26)24-14-4-5-14/h3,6-10,14,23H,4-5,11H2,1-2H3,(H,24,26). The highest BCUT2D eigenvalue weighted by Crippen LogP contribution is 2.38. The van der Waals surface area contributed by atoms with E-state index in [0.29, 0.717) is 22.3 Å². The summed E-state index contributed by atoms with van der Waals surface area (Å²) in [6, 6.07) is 11.3. The molecule has 0 unspecified atom stereocenters. The SMILES string of the molecule is CC1(C)Cc2cc(Nc3cc(C(=O)NC4CC4)ccc3Cl)ccc2C1=O. The van der Waals surface area contributed by atoms with Gasteiger partial charge in [0.15, 0.2) is 5.78 Å². The van der Waals surface area contributed by atoms with Crippen LogP contribution in [0, 0.1) is 5.41 Å². The van der Waals surface area contributed by atoms with E-state index < -0.39 is 0 Å². The van der Waals surface area contributed by atoms with Gasteiger partial charge in [-0.2, -0.15) is 0 Å². The van der Waals surface area contributed by atoms with Gasteiger partial charge in [-0.1, -0.05) is 25.4 Å². The molecule has 2 aliphatic rings. The lowest BCUT2D eigenvalue weighted by Crippen LogP contribution is -2.25. The summed E-state index contributed by atoms with van der Waals surface area (Å²) in [5, 5.41) is 6.81. The van der Waals surface area contributed by atoms with Gasteiger partial charge in [0.2, 0.25) is 0 Å². The van der Waals surface area contributed by atoms with E-state index in [4.69, 9.17) is 11.6 Å². The number of amides is 1. The van der Waals surface area contributed by atoms with Crippen molar-refractivity contribution in [2.24, 2.45) is 5.41 Å². The number of Topliss-reactive ketones (excluding diaryl/α,β-unsaturated/α-hetero) is 1. The number of hydrogen-bond acceptors (Lipinski definition) is 3. The first-order valence-corrected chi connectivity index (χ1v) is 9.26. The van der Waals surface area contributed by atoms with Crippen molar-refractivity contribution in [3.8, 4) is 0 Å². The molecule has 2 aliphatic carbocycles. The molecule has 2 aromatic carbocycles. The summed E-state index contributed by atoms with van der Waals surface area (Å²) < 4.78 is 0. The van der Waals surface area contributed by atoms with Crippen LogP contribution in [0.5, 0.6) is 0 Å². The molecule has 2 aromatic rings. The Morgan fingerprint density at radius 1 is 1.15 bits per heavy atom. The van der Waals surface area contributed by atoms with Crippen molar-refractivity contribution in [3.63, 3.8) is 0 Å². The van der Waals surface area contributed by atoms with E-state index in [1.54, 1.807) is 18.2 Å². The van der Waals surface area contributed by atoms with Crippen molar-refractivity contribution in [1.82, 2.24) is 5.32 Å². The Balaban J connectivity index is 1.58. The Morgan fingerprint density at radius 3 is 2.65 bits per heavy atom. The molecule has 0 saturated heterocycles. The van der Waals surface area contributed by atoms with E-state index in [1.807, 2.05) is 32.0 Å². The van der Waals surface area contributed by atoms with Gasteiger partial charge in [-0.25, -0.2) is 0 Å². The maximum atomic E-state index is 12.4. The number of carbonyl (C=O) groups is 2. The van der Waals surface area contributed by atoms with Gasteiger partial charge in [0.25, 0.3) is 5.91 Å². The monoisotopic (exact) mass is 368 g/mol. The average molecular weight is 369 g/mol. The van der Waals surface area contributed by atoms with E-state index in [9.17, 15) is 9.59 Å². The topological polar surface area (TPSA) is 58.2 Å². The quantitative estimate of drug-likeness (QED) is 0.819. The van der Waals surface area contributed by atoms with E-state index >= 15 is 0 Å². The maximum absolute atomic E-state index is 12.4. The van der Waals surface area contributed by atoms with Gasteiger partial charge < -0.3 is 10.6 Å². The summed E-state index contributed by atoms with van der Waals surface area (Å²) in [7, 11) is 0. The minimum Gasteiger partial charge on any atom is -0.354 e. The normalized spacial score (nSPS) is 17.7. The van der Waals surface area contributed by atoms with Gasteiger partial charge in [0, 0.05) is 28.3 Å². The van der Waals surface area contributed by atoms with Crippen LogP contribution in [0.15, 0.2) is 36.4 Å². The van der Waals surface area contributed by atoms with Gasteiger partial charge in [0.05, 0.1) is 10.7 Å². The minimum absolute atomic E-state index is 0.0754. The number of nitrogens with one attached hydrogen (secondary N) is 2. The number of carbonyl (C=O) groups excluding carboxylic acids is 2. The van der Waals surface area contributed by atoms with Gasteiger partial charge >= 0.3 is 0 Å². The molecule has 26 heavy (non-hydrogen) atoms. The van der Waals surface area contributed by atoms with Crippen LogP contribution >= 0.6 is 11.6 Å². The fourth-order valence-electron chi connectivity index (χ4n) is 3.37. The Labute approximate surface area is 157 Å². The summed E-state index contributed by atoms with van der Waals surface area (Å²) in [5.74, 6) is 0.115. The molecule has 0 heterocycles. The largest absolute Gasteiger partial charge is 0.354 e. The number of hydrogen-bond donors (Lipinski definition) is 2. The lowest BCUT2D eigenvalue weighted by Gasteiger charge is -2.13. The maximum Gasteiger partial charge on any atom is 0.251 e. The van der Waals surface area contributed by atoms with Gasteiger partial charge in [-0.15, -0.1) is 0 Å². The molecule has 0 atom stereocenters. The molecule has 0 spiro atoms. The molecule has 1 saturated carbocycles. The van der Waals surface area contributed by atoms with E-state index in [2.05, 4.69) is 10.6 Å². The number of rotatable bonds is 4. The van der Waals surface area contributed by atoms with Gasteiger partial charge in [-0.05, 0) is 61.2 Å².